The van der Waals surface area contributed by atoms with Gasteiger partial charge >= 0.3 is 5.69 Å². The summed E-state index contributed by atoms with van der Waals surface area (Å²) < 4.78 is 5.60. The molecule has 1 aliphatic rings. The Kier molecular flexibility index (Phi) is 4.91. The predicted octanol–water partition coefficient (Wildman–Crippen LogP) is 2.48. The van der Waals surface area contributed by atoms with E-state index in [-0.39, 0.29) is 11.2 Å². The van der Waals surface area contributed by atoms with Gasteiger partial charge in [-0.1, -0.05) is 35.0 Å². The van der Waals surface area contributed by atoms with Gasteiger partial charge in [-0.15, -0.1) is 0 Å². The fraction of sp³-hybridized carbons (Fsp3) is 0.450. The van der Waals surface area contributed by atoms with Gasteiger partial charge in [0.05, 0.1) is 6.54 Å². The second kappa shape index (κ2) is 7.24. The van der Waals surface area contributed by atoms with E-state index in [4.69, 9.17) is 4.98 Å². The van der Waals surface area contributed by atoms with E-state index in [0.29, 0.717) is 23.6 Å². The van der Waals surface area contributed by atoms with Crippen molar-refractivity contribution in [3.63, 3.8) is 0 Å². The van der Waals surface area contributed by atoms with E-state index in [9.17, 15) is 9.59 Å². The molecular weight excluding hydrogens is 422 g/mol. The molecular formula is C20H24BrN5O2. The fourth-order valence-corrected chi connectivity index (χ4v) is 4.23. The van der Waals surface area contributed by atoms with Crippen molar-refractivity contribution in [1.82, 2.24) is 18.7 Å². The molecule has 28 heavy (non-hydrogen) atoms. The molecule has 0 radical (unpaired) electrons. The smallest absolute Gasteiger partial charge is 0.332 e. The van der Waals surface area contributed by atoms with Gasteiger partial charge in [-0.3, -0.25) is 18.5 Å². The second-order valence-corrected chi connectivity index (χ2v) is 8.61. The number of hydrogen-bond donors (Lipinski definition) is 0. The zero-order valence-corrected chi connectivity index (χ0v) is 17.9. The van der Waals surface area contributed by atoms with E-state index < -0.39 is 0 Å². The highest BCUT2D eigenvalue weighted by atomic mass is 79.9. The van der Waals surface area contributed by atoms with Gasteiger partial charge in [0.2, 0.25) is 5.95 Å². The second-order valence-electron chi connectivity index (χ2n) is 7.70. The predicted molar refractivity (Wildman–Crippen MR) is 114 cm³/mol. The first kappa shape index (κ1) is 19.0. The van der Waals surface area contributed by atoms with Gasteiger partial charge in [0.25, 0.3) is 5.56 Å². The summed E-state index contributed by atoms with van der Waals surface area (Å²) in [6, 6.07) is 8.05. The third-order valence-corrected chi connectivity index (χ3v) is 6.05. The van der Waals surface area contributed by atoms with Crippen molar-refractivity contribution < 1.29 is 0 Å². The Bertz CT molecular complexity index is 1140. The summed E-state index contributed by atoms with van der Waals surface area (Å²) in [6.07, 6.45) is 2.29. The van der Waals surface area contributed by atoms with Crippen LogP contribution in [0.25, 0.3) is 11.2 Å². The molecule has 8 heteroatoms. The fourth-order valence-electron chi connectivity index (χ4n) is 3.97. The highest BCUT2D eigenvalue weighted by Crippen LogP contribution is 2.26. The van der Waals surface area contributed by atoms with Gasteiger partial charge in [-0.2, -0.15) is 4.98 Å². The van der Waals surface area contributed by atoms with Crippen molar-refractivity contribution >= 4 is 33.0 Å². The van der Waals surface area contributed by atoms with Crippen LogP contribution in [0.5, 0.6) is 0 Å². The van der Waals surface area contributed by atoms with Gasteiger partial charge in [0.1, 0.15) is 0 Å². The summed E-state index contributed by atoms with van der Waals surface area (Å²) in [4.78, 5) is 32.4. The minimum atomic E-state index is -0.357. The first-order valence-electron chi connectivity index (χ1n) is 9.52. The molecule has 7 nitrogen and oxygen atoms in total. The van der Waals surface area contributed by atoms with Crippen molar-refractivity contribution in [2.24, 2.45) is 20.0 Å². The standard InChI is InChI=1S/C20H24BrN5O2/c1-13-5-4-10-25(11-13)19-22-17-16(18(27)24(3)20(28)23(17)2)26(19)12-14-6-8-15(21)9-7-14/h6-9,13H,4-5,10-12H2,1-3H3. The van der Waals surface area contributed by atoms with Gasteiger partial charge in [-0.05, 0) is 36.5 Å². The number of fused-ring (bicyclic) bond motifs is 1. The van der Waals surface area contributed by atoms with Crippen LogP contribution in [0.4, 0.5) is 5.95 Å². The number of anilines is 1. The normalized spacial score (nSPS) is 17.4. The maximum Gasteiger partial charge on any atom is 0.332 e. The lowest BCUT2D eigenvalue weighted by molar-refractivity contribution is 0.439. The molecule has 3 heterocycles. The molecule has 0 amide bonds. The Hall–Kier alpha value is -2.35. The minimum Gasteiger partial charge on any atom is -0.342 e. The first-order valence-corrected chi connectivity index (χ1v) is 10.3. The van der Waals surface area contributed by atoms with E-state index in [2.05, 4.69) is 27.8 Å². The van der Waals surface area contributed by atoms with Gasteiger partial charge in [0.15, 0.2) is 11.2 Å². The number of hydrogen-bond acceptors (Lipinski definition) is 4. The summed E-state index contributed by atoms with van der Waals surface area (Å²) in [5, 5.41) is 0. The molecule has 148 valence electrons. The summed E-state index contributed by atoms with van der Waals surface area (Å²) in [5.41, 5.74) is 1.33. The molecule has 0 spiro atoms. The molecule has 0 saturated carbocycles. The lowest BCUT2D eigenvalue weighted by Crippen LogP contribution is -2.38. The van der Waals surface area contributed by atoms with Crippen LogP contribution in [-0.4, -0.2) is 31.8 Å². The van der Waals surface area contributed by atoms with Crippen molar-refractivity contribution in [3.8, 4) is 0 Å². The van der Waals surface area contributed by atoms with Crippen molar-refractivity contribution in [3.05, 3.63) is 55.1 Å². The van der Waals surface area contributed by atoms with Crippen LogP contribution >= 0.6 is 15.9 Å². The number of halogens is 1. The van der Waals surface area contributed by atoms with Crippen molar-refractivity contribution in [1.29, 1.82) is 0 Å². The Balaban J connectivity index is 1.95. The largest absolute Gasteiger partial charge is 0.342 e. The van der Waals surface area contributed by atoms with E-state index >= 15 is 0 Å². The van der Waals surface area contributed by atoms with Crippen molar-refractivity contribution in [2.75, 3.05) is 18.0 Å². The Labute approximate surface area is 171 Å². The van der Waals surface area contributed by atoms with E-state index in [1.807, 2.05) is 28.8 Å². The number of rotatable bonds is 3. The van der Waals surface area contributed by atoms with Crippen LogP contribution in [0.15, 0.2) is 38.3 Å². The van der Waals surface area contributed by atoms with Crippen LogP contribution in [-0.2, 0) is 20.6 Å². The zero-order chi connectivity index (χ0) is 20.0. The molecule has 0 N–H and O–H groups in total. The number of aryl methyl sites for hydroxylation is 1. The maximum atomic E-state index is 13.0. The topological polar surface area (TPSA) is 65.1 Å². The minimum absolute atomic E-state index is 0.306. The first-order chi connectivity index (χ1) is 13.4. The Morgan fingerprint density at radius 1 is 1.14 bits per heavy atom. The lowest BCUT2D eigenvalue weighted by Gasteiger charge is -2.32. The SMILES string of the molecule is CC1CCCN(c2nc3c(c(=O)n(C)c(=O)n3C)n2Cc2ccc(Br)cc2)C1. The molecule has 3 aromatic rings. The molecule has 1 saturated heterocycles. The number of piperidine rings is 1. The molecule has 1 aliphatic heterocycles. The van der Waals surface area contributed by atoms with E-state index in [1.54, 1.807) is 7.05 Å². The summed E-state index contributed by atoms with van der Waals surface area (Å²) in [5.74, 6) is 1.34. The van der Waals surface area contributed by atoms with Crippen molar-refractivity contribution in [2.45, 2.75) is 26.3 Å². The number of aromatic nitrogens is 4. The quantitative estimate of drug-likeness (QED) is 0.620. The molecule has 4 rings (SSSR count). The van der Waals surface area contributed by atoms with Crippen LogP contribution in [0.1, 0.15) is 25.3 Å². The number of benzene rings is 1. The maximum absolute atomic E-state index is 13.0. The van der Waals surface area contributed by atoms with Gasteiger partial charge in [-0.25, -0.2) is 4.79 Å². The van der Waals surface area contributed by atoms with Gasteiger partial charge < -0.3 is 4.90 Å². The molecule has 1 atom stereocenters. The Morgan fingerprint density at radius 2 is 1.86 bits per heavy atom. The summed E-state index contributed by atoms with van der Waals surface area (Å²) in [6.45, 7) is 4.57. The summed E-state index contributed by atoms with van der Waals surface area (Å²) in [7, 11) is 3.19. The van der Waals surface area contributed by atoms with E-state index in [1.165, 1.54) is 18.0 Å². The average molecular weight is 446 g/mol. The Morgan fingerprint density at radius 3 is 2.54 bits per heavy atom. The van der Waals surface area contributed by atoms with Crippen LogP contribution in [0, 0.1) is 5.92 Å². The highest BCUT2D eigenvalue weighted by Gasteiger charge is 2.25. The molecule has 1 fully saturated rings. The molecule has 1 aromatic carbocycles. The lowest BCUT2D eigenvalue weighted by atomic mass is 10.0. The zero-order valence-electron chi connectivity index (χ0n) is 16.4. The van der Waals surface area contributed by atoms with E-state index in [0.717, 1.165) is 40.1 Å². The third kappa shape index (κ3) is 3.19. The van der Waals surface area contributed by atoms with Crippen LogP contribution < -0.4 is 16.1 Å². The van der Waals surface area contributed by atoms with Crippen LogP contribution in [0.3, 0.4) is 0 Å². The monoisotopic (exact) mass is 445 g/mol. The van der Waals surface area contributed by atoms with Gasteiger partial charge in [0, 0.05) is 31.7 Å². The molecule has 2 aromatic heterocycles. The number of nitrogens with zero attached hydrogens (tertiary/aromatic N) is 5. The highest BCUT2D eigenvalue weighted by molar-refractivity contribution is 9.10. The molecule has 1 unspecified atom stereocenters. The van der Waals surface area contributed by atoms with Crippen LogP contribution in [0.2, 0.25) is 0 Å². The number of imidazole rings is 1. The average Bonchev–Trinajstić information content (AvgIpc) is 3.06. The third-order valence-electron chi connectivity index (χ3n) is 5.52. The molecule has 0 aliphatic carbocycles. The molecule has 0 bridgehead atoms. The summed E-state index contributed by atoms with van der Waals surface area (Å²) >= 11 is 3.47.